The van der Waals surface area contributed by atoms with E-state index < -0.39 is 0 Å². The van der Waals surface area contributed by atoms with Gasteiger partial charge in [0.25, 0.3) is 0 Å². The molecule has 1 aliphatic heterocycles. The van der Waals surface area contributed by atoms with Crippen LogP contribution < -0.4 is 11.1 Å². The molecule has 1 saturated heterocycles. The number of hydrogen-bond acceptors (Lipinski definition) is 2. The Morgan fingerprint density at radius 2 is 1.94 bits per heavy atom. The van der Waals surface area contributed by atoms with Crippen LogP contribution in [0.15, 0.2) is 17.1 Å². The second kappa shape index (κ2) is 8.12. The highest BCUT2D eigenvalue weighted by molar-refractivity contribution is 5.77. The van der Waals surface area contributed by atoms with Gasteiger partial charge in [0, 0.05) is 13.1 Å². The van der Waals surface area contributed by atoms with E-state index in [0.717, 1.165) is 18.7 Å². The lowest BCUT2D eigenvalue weighted by atomic mass is 10.2. The summed E-state index contributed by atoms with van der Waals surface area (Å²) in [7, 11) is 0. The van der Waals surface area contributed by atoms with Crippen molar-refractivity contribution < 1.29 is 0 Å². The molecular weight excluding hydrogens is 212 g/mol. The molecule has 0 atom stereocenters. The van der Waals surface area contributed by atoms with E-state index in [4.69, 9.17) is 5.73 Å². The molecule has 4 nitrogen and oxygen atoms in total. The molecule has 98 valence electrons. The van der Waals surface area contributed by atoms with Crippen LogP contribution >= 0.6 is 0 Å². The zero-order valence-corrected chi connectivity index (χ0v) is 11.0. The minimum Gasteiger partial charge on any atom is -0.370 e. The number of nitrogens with two attached hydrogens (primary N) is 1. The van der Waals surface area contributed by atoms with E-state index in [0.29, 0.717) is 12.5 Å². The summed E-state index contributed by atoms with van der Waals surface area (Å²) in [6.07, 6.45) is 5.43. The lowest BCUT2D eigenvalue weighted by Gasteiger charge is -2.19. The van der Waals surface area contributed by atoms with Crippen molar-refractivity contribution >= 4 is 5.96 Å². The summed E-state index contributed by atoms with van der Waals surface area (Å²) in [4.78, 5) is 6.70. The average Bonchev–Trinajstić information content (AvgIpc) is 2.55. The molecule has 0 aromatic rings. The van der Waals surface area contributed by atoms with E-state index >= 15 is 0 Å². The van der Waals surface area contributed by atoms with Crippen molar-refractivity contribution in [2.24, 2.45) is 10.7 Å². The van der Waals surface area contributed by atoms with Crippen molar-refractivity contribution in [1.82, 2.24) is 10.2 Å². The first-order chi connectivity index (χ1) is 8.18. The van der Waals surface area contributed by atoms with Gasteiger partial charge in [0.2, 0.25) is 0 Å². The summed E-state index contributed by atoms with van der Waals surface area (Å²) in [6, 6.07) is 0. The quantitative estimate of drug-likeness (QED) is 0.432. The third kappa shape index (κ3) is 7.00. The number of hydrogen-bond donors (Lipinski definition) is 2. The molecule has 1 rings (SSSR count). The summed E-state index contributed by atoms with van der Waals surface area (Å²) in [5.74, 6) is 0.530. The Morgan fingerprint density at radius 3 is 2.53 bits per heavy atom. The predicted octanol–water partition coefficient (Wildman–Crippen LogP) is 1.34. The predicted molar refractivity (Wildman–Crippen MR) is 74.2 cm³/mol. The first kappa shape index (κ1) is 14.0. The molecule has 0 radical (unpaired) electrons. The Morgan fingerprint density at radius 1 is 1.29 bits per heavy atom. The number of guanidine groups is 1. The fraction of sp³-hybridized carbons (Fsp3) is 0.769. The summed E-state index contributed by atoms with van der Waals surface area (Å²) >= 11 is 0. The standard InChI is InChI=1S/C13H26N4/c1-12(2)11-16-13(14)15-7-10-17-8-5-3-4-6-9-17/h1,3-11H2,2H3,(H3,14,15,16). The van der Waals surface area contributed by atoms with Crippen LogP contribution in [0.4, 0.5) is 0 Å². The Hall–Kier alpha value is -1.03. The molecule has 0 amide bonds. The van der Waals surface area contributed by atoms with Crippen LogP contribution in [0.25, 0.3) is 0 Å². The number of rotatable bonds is 5. The normalized spacial score (nSPS) is 18.8. The van der Waals surface area contributed by atoms with Gasteiger partial charge in [-0.1, -0.05) is 25.0 Å². The molecule has 0 bridgehead atoms. The molecule has 4 heteroatoms. The van der Waals surface area contributed by atoms with Gasteiger partial charge in [0.15, 0.2) is 5.96 Å². The smallest absolute Gasteiger partial charge is 0.188 e. The van der Waals surface area contributed by atoms with Gasteiger partial charge in [-0.15, -0.1) is 0 Å². The van der Waals surface area contributed by atoms with Crippen LogP contribution in [0.3, 0.4) is 0 Å². The van der Waals surface area contributed by atoms with E-state index in [1.54, 1.807) is 0 Å². The van der Waals surface area contributed by atoms with Crippen molar-refractivity contribution in [2.45, 2.75) is 32.6 Å². The van der Waals surface area contributed by atoms with Crippen molar-refractivity contribution in [3.63, 3.8) is 0 Å². The van der Waals surface area contributed by atoms with Gasteiger partial charge in [-0.2, -0.15) is 0 Å². The van der Waals surface area contributed by atoms with Gasteiger partial charge in [0.1, 0.15) is 0 Å². The minimum absolute atomic E-state index is 0.530. The van der Waals surface area contributed by atoms with Crippen LogP contribution in [0, 0.1) is 0 Å². The highest BCUT2D eigenvalue weighted by Crippen LogP contribution is 2.08. The lowest BCUT2D eigenvalue weighted by Crippen LogP contribution is -2.39. The van der Waals surface area contributed by atoms with Crippen LogP contribution in [0.2, 0.25) is 0 Å². The summed E-state index contributed by atoms with van der Waals surface area (Å²) in [5.41, 5.74) is 6.78. The molecule has 0 unspecified atom stereocenters. The van der Waals surface area contributed by atoms with Crippen molar-refractivity contribution in [3.8, 4) is 0 Å². The zero-order chi connectivity index (χ0) is 12.5. The number of nitrogens with one attached hydrogen (secondary N) is 1. The maximum Gasteiger partial charge on any atom is 0.188 e. The third-order valence-electron chi connectivity index (χ3n) is 2.95. The number of nitrogens with zero attached hydrogens (tertiary/aromatic N) is 2. The maximum absolute atomic E-state index is 5.75. The third-order valence-corrected chi connectivity index (χ3v) is 2.95. The molecule has 1 fully saturated rings. The van der Waals surface area contributed by atoms with Gasteiger partial charge in [-0.3, -0.25) is 0 Å². The second-order valence-electron chi connectivity index (χ2n) is 4.84. The number of likely N-dealkylation sites (tertiary alicyclic amines) is 1. The summed E-state index contributed by atoms with van der Waals surface area (Å²) < 4.78 is 0. The van der Waals surface area contributed by atoms with E-state index in [9.17, 15) is 0 Å². The number of aliphatic imine (C=N–C) groups is 1. The lowest BCUT2D eigenvalue weighted by molar-refractivity contribution is 0.289. The van der Waals surface area contributed by atoms with E-state index in [2.05, 4.69) is 21.8 Å². The van der Waals surface area contributed by atoms with Gasteiger partial charge < -0.3 is 16.0 Å². The maximum atomic E-state index is 5.75. The SMILES string of the molecule is C=C(C)CN=C(N)NCCN1CCCCCC1. The Balaban J connectivity index is 2.13. The molecule has 0 aliphatic carbocycles. The minimum atomic E-state index is 0.530. The topological polar surface area (TPSA) is 53.6 Å². The van der Waals surface area contributed by atoms with Crippen LogP contribution in [-0.4, -0.2) is 43.6 Å². The molecule has 0 saturated carbocycles. The molecule has 3 N–H and O–H groups in total. The van der Waals surface area contributed by atoms with Gasteiger partial charge in [-0.25, -0.2) is 4.99 Å². The van der Waals surface area contributed by atoms with Crippen molar-refractivity contribution in [2.75, 3.05) is 32.7 Å². The molecular formula is C13H26N4. The van der Waals surface area contributed by atoms with Crippen molar-refractivity contribution in [1.29, 1.82) is 0 Å². The monoisotopic (exact) mass is 238 g/mol. The van der Waals surface area contributed by atoms with Crippen LogP contribution in [-0.2, 0) is 0 Å². The molecule has 1 aliphatic rings. The van der Waals surface area contributed by atoms with Gasteiger partial charge in [-0.05, 0) is 32.9 Å². The molecule has 0 aromatic heterocycles. The molecule has 0 spiro atoms. The van der Waals surface area contributed by atoms with Gasteiger partial charge >= 0.3 is 0 Å². The van der Waals surface area contributed by atoms with Crippen LogP contribution in [0.1, 0.15) is 32.6 Å². The Kier molecular flexibility index (Phi) is 6.70. The highest BCUT2D eigenvalue weighted by atomic mass is 15.2. The summed E-state index contributed by atoms with van der Waals surface area (Å²) in [6.45, 7) is 10.8. The van der Waals surface area contributed by atoms with E-state index in [1.807, 2.05) is 6.92 Å². The Bertz CT molecular complexity index is 252. The largest absolute Gasteiger partial charge is 0.370 e. The zero-order valence-electron chi connectivity index (χ0n) is 11.0. The highest BCUT2D eigenvalue weighted by Gasteiger charge is 2.07. The Labute approximate surface area is 105 Å². The van der Waals surface area contributed by atoms with E-state index in [1.165, 1.54) is 38.8 Å². The second-order valence-corrected chi connectivity index (χ2v) is 4.84. The van der Waals surface area contributed by atoms with Crippen LogP contribution in [0.5, 0.6) is 0 Å². The van der Waals surface area contributed by atoms with Gasteiger partial charge in [0.05, 0.1) is 6.54 Å². The molecule has 17 heavy (non-hydrogen) atoms. The first-order valence-corrected chi connectivity index (χ1v) is 6.59. The first-order valence-electron chi connectivity index (χ1n) is 6.59. The average molecular weight is 238 g/mol. The van der Waals surface area contributed by atoms with E-state index in [-0.39, 0.29) is 0 Å². The molecule has 1 heterocycles. The fourth-order valence-corrected chi connectivity index (χ4v) is 1.98. The fourth-order valence-electron chi connectivity index (χ4n) is 1.98. The van der Waals surface area contributed by atoms with Crippen molar-refractivity contribution in [3.05, 3.63) is 12.2 Å². The molecule has 0 aromatic carbocycles. The summed E-state index contributed by atoms with van der Waals surface area (Å²) in [5, 5.41) is 3.15.